The highest BCUT2D eigenvalue weighted by molar-refractivity contribution is 6.33. The van der Waals surface area contributed by atoms with Gasteiger partial charge in [-0.25, -0.2) is 0 Å². The average Bonchev–Trinajstić information content (AvgIpc) is 2.85. The number of rotatable bonds is 5. The van der Waals surface area contributed by atoms with E-state index >= 15 is 0 Å². The molecule has 1 aromatic heterocycles. The molecule has 0 spiro atoms. The van der Waals surface area contributed by atoms with E-state index in [2.05, 4.69) is 16.7 Å². The largest absolute Gasteiger partial charge is 0.366 e. The van der Waals surface area contributed by atoms with Crippen LogP contribution in [-0.2, 0) is 13.0 Å². The van der Waals surface area contributed by atoms with Crippen molar-refractivity contribution in [1.82, 2.24) is 4.57 Å². The molecule has 0 bridgehead atoms. The summed E-state index contributed by atoms with van der Waals surface area (Å²) in [6.45, 7) is 4.74. The Hall–Kier alpha value is -2.52. The molecule has 0 aliphatic carbocycles. The molecule has 0 saturated heterocycles. The number of amides is 1. The van der Waals surface area contributed by atoms with Crippen molar-refractivity contribution in [3.05, 3.63) is 82.1 Å². The van der Waals surface area contributed by atoms with Gasteiger partial charge in [0.05, 0.1) is 5.56 Å². The number of carbonyl (C=O) groups excluding carboxylic acids is 1. The standard InChI is InChI=1S/C21H21ClN2O/c1-14-19(17-10-6-7-11-18(17)22)20(21(23)25)15(2)24(14)13-12-16-8-4-3-5-9-16/h3-11H,12-13H2,1-2H3,(H2,23,25). The van der Waals surface area contributed by atoms with E-state index in [1.165, 1.54) is 5.56 Å². The maximum absolute atomic E-state index is 12.1. The van der Waals surface area contributed by atoms with Crippen LogP contribution in [0.2, 0.25) is 5.02 Å². The van der Waals surface area contributed by atoms with Crippen LogP contribution in [0.1, 0.15) is 27.3 Å². The summed E-state index contributed by atoms with van der Waals surface area (Å²) in [4.78, 5) is 12.1. The zero-order chi connectivity index (χ0) is 18.0. The third-order valence-corrected chi connectivity index (χ3v) is 4.97. The molecule has 0 aliphatic rings. The van der Waals surface area contributed by atoms with Gasteiger partial charge in [-0.2, -0.15) is 0 Å². The van der Waals surface area contributed by atoms with Crippen LogP contribution in [0.4, 0.5) is 0 Å². The lowest BCUT2D eigenvalue weighted by Gasteiger charge is -2.10. The summed E-state index contributed by atoms with van der Waals surface area (Å²) < 4.78 is 2.16. The van der Waals surface area contributed by atoms with E-state index in [9.17, 15) is 4.79 Å². The number of nitrogens with two attached hydrogens (primary N) is 1. The van der Waals surface area contributed by atoms with Gasteiger partial charge >= 0.3 is 0 Å². The highest BCUT2D eigenvalue weighted by atomic mass is 35.5. The molecule has 2 aromatic carbocycles. The number of aryl methyl sites for hydroxylation is 1. The van der Waals surface area contributed by atoms with E-state index in [1.54, 1.807) is 0 Å². The van der Waals surface area contributed by atoms with Crippen LogP contribution in [0.15, 0.2) is 54.6 Å². The third kappa shape index (κ3) is 3.33. The van der Waals surface area contributed by atoms with Gasteiger partial charge in [-0.05, 0) is 31.9 Å². The lowest BCUT2D eigenvalue weighted by Crippen LogP contribution is -2.14. The zero-order valence-corrected chi connectivity index (χ0v) is 15.2. The van der Waals surface area contributed by atoms with E-state index in [4.69, 9.17) is 17.3 Å². The summed E-state index contributed by atoms with van der Waals surface area (Å²) in [7, 11) is 0. The summed E-state index contributed by atoms with van der Waals surface area (Å²) in [5, 5.41) is 0.619. The summed E-state index contributed by atoms with van der Waals surface area (Å²) in [5.41, 5.74) is 11.1. The normalized spacial score (nSPS) is 10.8. The Kier molecular flexibility index (Phi) is 4.95. The average molecular weight is 353 g/mol. The molecule has 0 aliphatic heterocycles. The fourth-order valence-electron chi connectivity index (χ4n) is 3.40. The van der Waals surface area contributed by atoms with Crippen molar-refractivity contribution < 1.29 is 4.79 Å². The minimum Gasteiger partial charge on any atom is -0.366 e. The smallest absolute Gasteiger partial charge is 0.251 e. The van der Waals surface area contributed by atoms with E-state index in [-0.39, 0.29) is 0 Å². The van der Waals surface area contributed by atoms with Gasteiger partial charge in [0.1, 0.15) is 0 Å². The molecular weight excluding hydrogens is 332 g/mol. The monoisotopic (exact) mass is 352 g/mol. The summed E-state index contributed by atoms with van der Waals surface area (Å²) in [6, 6.07) is 17.9. The second-order valence-corrected chi connectivity index (χ2v) is 6.56. The Morgan fingerprint density at radius 1 is 1.00 bits per heavy atom. The van der Waals surface area contributed by atoms with Crippen molar-refractivity contribution in [3.63, 3.8) is 0 Å². The highest BCUT2D eigenvalue weighted by Crippen LogP contribution is 2.36. The van der Waals surface area contributed by atoms with Gasteiger partial charge in [0.2, 0.25) is 0 Å². The van der Waals surface area contributed by atoms with Crippen LogP contribution < -0.4 is 5.73 Å². The van der Waals surface area contributed by atoms with Crippen LogP contribution in [-0.4, -0.2) is 10.5 Å². The molecule has 2 N–H and O–H groups in total. The molecule has 25 heavy (non-hydrogen) atoms. The predicted octanol–water partition coefficient (Wildman–Crippen LogP) is 4.77. The van der Waals surface area contributed by atoms with E-state index in [1.807, 2.05) is 56.3 Å². The number of halogens is 1. The van der Waals surface area contributed by atoms with Crippen LogP contribution in [0, 0.1) is 13.8 Å². The zero-order valence-electron chi connectivity index (χ0n) is 14.4. The summed E-state index contributed by atoms with van der Waals surface area (Å²) in [6.07, 6.45) is 0.886. The molecule has 128 valence electrons. The minimum atomic E-state index is -0.422. The Morgan fingerprint density at radius 2 is 1.64 bits per heavy atom. The number of aromatic nitrogens is 1. The van der Waals surface area contributed by atoms with Crippen molar-refractivity contribution in [1.29, 1.82) is 0 Å². The Balaban J connectivity index is 2.07. The van der Waals surface area contributed by atoms with Gasteiger partial charge in [0, 0.05) is 34.1 Å². The fourth-order valence-corrected chi connectivity index (χ4v) is 3.63. The predicted molar refractivity (Wildman–Crippen MR) is 103 cm³/mol. The molecular formula is C21H21ClN2O. The molecule has 0 atom stereocenters. The van der Waals surface area contributed by atoms with E-state index in [0.717, 1.165) is 35.5 Å². The van der Waals surface area contributed by atoms with Crippen molar-refractivity contribution in [2.75, 3.05) is 0 Å². The van der Waals surface area contributed by atoms with Gasteiger partial charge in [-0.15, -0.1) is 0 Å². The molecule has 3 rings (SSSR count). The van der Waals surface area contributed by atoms with Crippen molar-refractivity contribution in [2.45, 2.75) is 26.8 Å². The van der Waals surface area contributed by atoms with E-state index in [0.29, 0.717) is 10.6 Å². The third-order valence-electron chi connectivity index (χ3n) is 4.64. The SMILES string of the molecule is Cc1c(C(N)=O)c(-c2ccccc2Cl)c(C)n1CCc1ccccc1. The summed E-state index contributed by atoms with van der Waals surface area (Å²) >= 11 is 6.38. The van der Waals surface area contributed by atoms with Gasteiger partial charge in [0.25, 0.3) is 5.91 Å². The second-order valence-electron chi connectivity index (χ2n) is 6.15. The van der Waals surface area contributed by atoms with E-state index < -0.39 is 5.91 Å². The summed E-state index contributed by atoms with van der Waals surface area (Å²) in [5.74, 6) is -0.422. The lowest BCUT2D eigenvalue weighted by atomic mass is 10.00. The first-order valence-electron chi connectivity index (χ1n) is 8.29. The first-order chi connectivity index (χ1) is 12.0. The topological polar surface area (TPSA) is 48.0 Å². The van der Waals surface area contributed by atoms with Crippen LogP contribution >= 0.6 is 11.6 Å². The molecule has 0 fully saturated rings. The van der Waals surface area contributed by atoms with Crippen LogP contribution in [0.5, 0.6) is 0 Å². The minimum absolute atomic E-state index is 0.422. The Morgan fingerprint density at radius 3 is 2.28 bits per heavy atom. The molecule has 1 amide bonds. The second kappa shape index (κ2) is 7.16. The number of carbonyl (C=O) groups is 1. The molecule has 4 heteroatoms. The molecule has 3 aromatic rings. The molecule has 3 nitrogen and oxygen atoms in total. The Bertz CT molecular complexity index is 913. The maximum atomic E-state index is 12.1. The number of hydrogen-bond donors (Lipinski definition) is 1. The van der Waals surface area contributed by atoms with Gasteiger partial charge in [-0.3, -0.25) is 4.79 Å². The highest BCUT2D eigenvalue weighted by Gasteiger charge is 2.23. The van der Waals surface area contributed by atoms with Crippen molar-refractivity contribution in [2.24, 2.45) is 5.73 Å². The van der Waals surface area contributed by atoms with Gasteiger partial charge < -0.3 is 10.3 Å². The maximum Gasteiger partial charge on any atom is 0.251 e. The quantitative estimate of drug-likeness (QED) is 0.706. The first-order valence-corrected chi connectivity index (χ1v) is 8.66. The van der Waals surface area contributed by atoms with Gasteiger partial charge in [-0.1, -0.05) is 60.1 Å². The first kappa shape index (κ1) is 17.3. The molecule has 0 radical (unpaired) electrons. The fraction of sp³-hybridized carbons (Fsp3) is 0.190. The lowest BCUT2D eigenvalue weighted by molar-refractivity contribution is 0.1000. The molecule has 0 saturated carbocycles. The van der Waals surface area contributed by atoms with Crippen molar-refractivity contribution in [3.8, 4) is 11.1 Å². The van der Waals surface area contributed by atoms with Crippen LogP contribution in [0.3, 0.4) is 0 Å². The number of hydrogen-bond acceptors (Lipinski definition) is 1. The molecule has 1 heterocycles. The Labute approximate surface area is 153 Å². The molecule has 0 unspecified atom stereocenters. The van der Waals surface area contributed by atoms with Crippen LogP contribution in [0.25, 0.3) is 11.1 Å². The number of benzene rings is 2. The number of primary amides is 1. The van der Waals surface area contributed by atoms with Gasteiger partial charge in [0.15, 0.2) is 0 Å². The van der Waals surface area contributed by atoms with Crippen molar-refractivity contribution >= 4 is 17.5 Å². The number of nitrogens with zero attached hydrogens (tertiary/aromatic N) is 1.